The second-order valence-corrected chi connectivity index (χ2v) is 9.06. The number of nitrogens with zero attached hydrogens (tertiary/aromatic N) is 4. The SMILES string of the molecule is Cc1cc(C)n(CCN(C(=O)c2ccc(Cl)cc2)c2nc3c(C)cc(Cl)cc3s2)n1. The van der Waals surface area contributed by atoms with Gasteiger partial charge in [-0.2, -0.15) is 5.10 Å². The fourth-order valence-electron chi connectivity index (χ4n) is 3.39. The van der Waals surface area contributed by atoms with E-state index in [9.17, 15) is 4.79 Å². The number of hydrogen-bond acceptors (Lipinski definition) is 4. The topological polar surface area (TPSA) is 51.0 Å². The van der Waals surface area contributed by atoms with Crippen LogP contribution in [0, 0.1) is 20.8 Å². The van der Waals surface area contributed by atoms with Crippen molar-refractivity contribution in [1.29, 1.82) is 0 Å². The number of aryl methyl sites for hydroxylation is 3. The molecule has 8 heteroatoms. The number of benzene rings is 2. The summed E-state index contributed by atoms with van der Waals surface area (Å²) in [5.74, 6) is -0.129. The molecule has 1 amide bonds. The second-order valence-electron chi connectivity index (χ2n) is 7.18. The molecule has 4 rings (SSSR count). The van der Waals surface area contributed by atoms with Crippen LogP contribution in [0.2, 0.25) is 10.0 Å². The van der Waals surface area contributed by atoms with Crippen LogP contribution in [0.1, 0.15) is 27.3 Å². The fourth-order valence-corrected chi connectivity index (χ4v) is 4.96. The Morgan fingerprint density at radius 2 is 1.80 bits per heavy atom. The summed E-state index contributed by atoms with van der Waals surface area (Å²) in [6.07, 6.45) is 0. The highest BCUT2D eigenvalue weighted by Crippen LogP contribution is 2.33. The van der Waals surface area contributed by atoms with Gasteiger partial charge in [0.25, 0.3) is 5.91 Å². The molecule has 30 heavy (non-hydrogen) atoms. The smallest absolute Gasteiger partial charge is 0.260 e. The lowest BCUT2D eigenvalue weighted by molar-refractivity contribution is 0.0985. The quantitative estimate of drug-likeness (QED) is 0.364. The molecule has 4 aromatic rings. The van der Waals surface area contributed by atoms with E-state index in [0.717, 1.165) is 27.2 Å². The highest BCUT2D eigenvalue weighted by molar-refractivity contribution is 7.22. The summed E-state index contributed by atoms with van der Waals surface area (Å²) in [6.45, 7) is 6.94. The maximum Gasteiger partial charge on any atom is 0.260 e. The van der Waals surface area contributed by atoms with E-state index in [-0.39, 0.29) is 5.91 Å². The van der Waals surface area contributed by atoms with Gasteiger partial charge in [-0.05, 0) is 68.8 Å². The Hall–Kier alpha value is -2.41. The maximum absolute atomic E-state index is 13.4. The first-order valence-corrected chi connectivity index (χ1v) is 11.0. The molecule has 0 saturated carbocycles. The Kier molecular flexibility index (Phi) is 5.82. The first-order chi connectivity index (χ1) is 14.3. The highest BCUT2D eigenvalue weighted by Gasteiger charge is 2.22. The fraction of sp³-hybridized carbons (Fsp3) is 0.227. The Labute approximate surface area is 188 Å². The third-order valence-electron chi connectivity index (χ3n) is 4.84. The van der Waals surface area contributed by atoms with Gasteiger partial charge in [0.05, 0.1) is 22.5 Å². The normalized spacial score (nSPS) is 11.2. The van der Waals surface area contributed by atoms with E-state index in [4.69, 9.17) is 28.2 Å². The first kappa shape index (κ1) is 20.8. The largest absolute Gasteiger partial charge is 0.282 e. The third kappa shape index (κ3) is 4.21. The van der Waals surface area contributed by atoms with Crippen molar-refractivity contribution in [2.75, 3.05) is 11.4 Å². The molecular formula is C22H20Cl2N4OS. The number of amides is 1. The van der Waals surface area contributed by atoms with Crippen LogP contribution in [0.3, 0.4) is 0 Å². The van der Waals surface area contributed by atoms with Gasteiger partial charge in [-0.1, -0.05) is 34.5 Å². The van der Waals surface area contributed by atoms with Crippen molar-refractivity contribution in [3.05, 3.63) is 75.0 Å². The first-order valence-electron chi connectivity index (χ1n) is 9.47. The zero-order valence-corrected chi connectivity index (χ0v) is 19.1. The lowest BCUT2D eigenvalue weighted by Gasteiger charge is -2.20. The van der Waals surface area contributed by atoms with Crippen molar-refractivity contribution in [3.8, 4) is 0 Å². The van der Waals surface area contributed by atoms with E-state index in [1.807, 2.05) is 43.7 Å². The van der Waals surface area contributed by atoms with Crippen LogP contribution in [0.25, 0.3) is 10.2 Å². The number of hydrogen-bond donors (Lipinski definition) is 0. The van der Waals surface area contributed by atoms with E-state index in [1.54, 1.807) is 29.2 Å². The average Bonchev–Trinajstić information content (AvgIpc) is 3.25. The number of rotatable bonds is 5. The molecule has 0 spiro atoms. The van der Waals surface area contributed by atoms with Crippen molar-refractivity contribution in [2.45, 2.75) is 27.3 Å². The van der Waals surface area contributed by atoms with E-state index < -0.39 is 0 Å². The molecule has 0 radical (unpaired) electrons. The summed E-state index contributed by atoms with van der Waals surface area (Å²) >= 11 is 13.7. The maximum atomic E-state index is 13.4. The van der Waals surface area contributed by atoms with E-state index >= 15 is 0 Å². The summed E-state index contributed by atoms with van der Waals surface area (Å²) in [7, 11) is 0. The minimum Gasteiger partial charge on any atom is -0.282 e. The van der Waals surface area contributed by atoms with Crippen LogP contribution in [-0.4, -0.2) is 27.2 Å². The lowest BCUT2D eigenvalue weighted by atomic mass is 10.2. The van der Waals surface area contributed by atoms with Crippen LogP contribution in [0.15, 0.2) is 42.5 Å². The molecule has 0 aliphatic heterocycles. The summed E-state index contributed by atoms with van der Waals surface area (Å²) in [4.78, 5) is 19.9. The van der Waals surface area contributed by atoms with Crippen LogP contribution in [-0.2, 0) is 6.54 Å². The zero-order valence-electron chi connectivity index (χ0n) is 16.8. The van der Waals surface area contributed by atoms with Crippen LogP contribution in [0.5, 0.6) is 0 Å². The predicted octanol–water partition coefficient (Wildman–Crippen LogP) is 6.07. The number of thiazole rings is 1. The Morgan fingerprint density at radius 1 is 1.07 bits per heavy atom. The van der Waals surface area contributed by atoms with Crippen LogP contribution < -0.4 is 4.90 Å². The van der Waals surface area contributed by atoms with Crippen LogP contribution >= 0.6 is 34.5 Å². The summed E-state index contributed by atoms with van der Waals surface area (Å²) in [5.41, 5.74) is 4.41. The van der Waals surface area contributed by atoms with Crippen molar-refractivity contribution in [1.82, 2.24) is 14.8 Å². The van der Waals surface area contributed by atoms with Crippen molar-refractivity contribution in [2.24, 2.45) is 0 Å². The summed E-state index contributed by atoms with van der Waals surface area (Å²) in [6, 6.07) is 12.7. The second kappa shape index (κ2) is 8.38. The van der Waals surface area contributed by atoms with Gasteiger partial charge in [0.1, 0.15) is 0 Å². The number of anilines is 1. The molecule has 154 valence electrons. The van der Waals surface area contributed by atoms with Gasteiger partial charge in [-0.3, -0.25) is 14.4 Å². The van der Waals surface area contributed by atoms with Gasteiger partial charge >= 0.3 is 0 Å². The Bertz CT molecular complexity index is 1230. The van der Waals surface area contributed by atoms with Gasteiger partial charge in [0, 0.05) is 27.8 Å². The summed E-state index contributed by atoms with van der Waals surface area (Å²) in [5, 5.41) is 6.40. The molecule has 0 aliphatic carbocycles. The molecule has 0 aliphatic rings. The minimum absolute atomic E-state index is 0.129. The lowest BCUT2D eigenvalue weighted by Crippen LogP contribution is -2.34. The van der Waals surface area contributed by atoms with E-state index in [2.05, 4.69) is 5.10 Å². The predicted molar refractivity (Wildman–Crippen MR) is 124 cm³/mol. The molecule has 2 aromatic heterocycles. The molecule has 2 heterocycles. The molecule has 0 unspecified atom stereocenters. The molecular weight excluding hydrogens is 439 g/mol. The number of fused-ring (bicyclic) bond motifs is 1. The van der Waals surface area contributed by atoms with E-state index in [0.29, 0.717) is 33.8 Å². The number of carbonyl (C=O) groups is 1. The molecule has 0 N–H and O–H groups in total. The number of carbonyl (C=O) groups excluding carboxylic acids is 1. The number of aromatic nitrogens is 3. The third-order valence-corrected chi connectivity index (χ3v) is 6.34. The zero-order chi connectivity index (χ0) is 21.4. The molecule has 5 nitrogen and oxygen atoms in total. The molecule has 2 aromatic carbocycles. The van der Waals surface area contributed by atoms with E-state index in [1.165, 1.54) is 11.3 Å². The highest BCUT2D eigenvalue weighted by atomic mass is 35.5. The Morgan fingerprint density at radius 3 is 2.47 bits per heavy atom. The molecule has 0 saturated heterocycles. The molecule has 0 atom stereocenters. The molecule has 0 fully saturated rings. The average molecular weight is 459 g/mol. The standard InChI is InChI=1S/C22H20Cl2N4OS/c1-13-10-18(24)12-19-20(13)25-22(30-19)27(8-9-28-15(3)11-14(2)26-28)21(29)16-4-6-17(23)7-5-16/h4-7,10-12H,8-9H2,1-3H3. The van der Waals surface area contributed by atoms with Crippen molar-refractivity contribution in [3.63, 3.8) is 0 Å². The van der Waals surface area contributed by atoms with Crippen molar-refractivity contribution >= 4 is 55.8 Å². The van der Waals surface area contributed by atoms with Gasteiger partial charge < -0.3 is 0 Å². The Balaban J connectivity index is 1.72. The van der Waals surface area contributed by atoms with Crippen LogP contribution in [0.4, 0.5) is 5.13 Å². The van der Waals surface area contributed by atoms with Gasteiger partial charge in [0.2, 0.25) is 0 Å². The van der Waals surface area contributed by atoms with Gasteiger partial charge in [-0.15, -0.1) is 0 Å². The number of halogens is 2. The minimum atomic E-state index is -0.129. The van der Waals surface area contributed by atoms with Gasteiger partial charge in [0.15, 0.2) is 5.13 Å². The summed E-state index contributed by atoms with van der Waals surface area (Å²) < 4.78 is 2.86. The molecule has 0 bridgehead atoms. The van der Waals surface area contributed by atoms with Crippen molar-refractivity contribution < 1.29 is 4.79 Å². The van der Waals surface area contributed by atoms with Gasteiger partial charge in [-0.25, -0.2) is 4.98 Å². The monoisotopic (exact) mass is 458 g/mol.